The zero-order valence-corrected chi connectivity index (χ0v) is 37.2. The number of anilines is 2. The summed E-state index contributed by atoms with van der Waals surface area (Å²) in [5, 5.41) is 17.4. The monoisotopic (exact) mass is 895 g/mol. The van der Waals surface area contributed by atoms with Gasteiger partial charge < -0.3 is 57.7 Å². The number of halogens is 2. The van der Waals surface area contributed by atoms with Crippen LogP contribution < -0.4 is 35.5 Å². The standard InChI is InChI=1S/C21H27FN2O4.C20H22BFN3O6.CH6BNO2/c1-5-9-23(10-6-2)18-16(22)11-14-17(20(18)27-3)24(13-7-8-13)12-15(19(14)25)21(26)28-4;1-29-19-16-13(18(27)14(20(28)30-2)10-24(16)12-3-4-12)9-15(22)17(19)23-5-6-25(21-11-26)31-8-7-23;1-2(4)3-5/h11-13H,5-10H2,1-4H3;9-12H,3-8H2,1-2H3;3-5H,1H3. The minimum atomic E-state index is -0.810. The number of hydrogen-bond donors (Lipinski definition) is 3. The maximum absolute atomic E-state index is 15.4. The third-order valence-electron chi connectivity index (χ3n) is 10.7. The molecule has 2 saturated carbocycles. The lowest BCUT2D eigenvalue weighted by molar-refractivity contribution is -0.0721. The highest BCUT2D eigenvalue weighted by molar-refractivity contribution is 6.63. The molecule has 2 aliphatic carbocycles. The number of ether oxygens (including phenoxy) is 4. The van der Waals surface area contributed by atoms with E-state index in [-0.39, 0.29) is 52.0 Å². The zero-order chi connectivity index (χ0) is 46.8. The van der Waals surface area contributed by atoms with Crippen molar-refractivity contribution in [3.63, 3.8) is 0 Å². The number of aromatic nitrogens is 2. The molecule has 3 heterocycles. The minimum absolute atomic E-state index is 0.0647. The van der Waals surface area contributed by atoms with Gasteiger partial charge in [0, 0.05) is 57.2 Å². The Bertz CT molecular complexity index is 2440. The molecule has 2 aromatic carbocycles. The summed E-state index contributed by atoms with van der Waals surface area (Å²) in [6.45, 7) is 8.17. The van der Waals surface area contributed by atoms with Crippen molar-refractivity contribution in [2.45, 2.75) is 71.3 Å². The van der Waals surface area contributed by atoms with Crippen LogP contribution in [0.1, 0.15) is 85.2 Å². The summed E-state index contributed by atoms with van der Waals surface area (Å²) in [6, 6.07) is 2.63. The molecule has 3 N–H and O–H groups in total. The molecule has 345 valence electrons. The van der Waals surface area contributed by atoms with Crippen LogP contribution in [0.25, 0.3) is 21.8 Å². The first-order valence-corrected chi connectivity index (χ1v) is 21.1. The average Bonchev–Trinajstić information content (AvgIpc) is 4.21. The molecule has 1 radical (unpaired) electrons. The largest absolute Gasteiger partial charge is 0.492 e. The quantitative estimate of drug-likeness (QED) is 0.0665. The van der Waals surface area contributed by atoms with E-state index in [1.807, 2.05) is 27.9 Å². The summed E-state index contributed by atoms with van der Waals surface area (Å²) in [5.74, 6) is -2.07. The number of esters is 2. The van der Waals surface area contributed by atoms with E-state index in [1.54, 1.807) is 10.3 Å². The van der Waals surface area contributed by atoms with Crippen molar-refractivity contribution in [3.8, 4) is 11.5 Å². The SMILES string of the molecule is CB(O)NO.CCCN(CCC)c1c(F)cc2c(=O)c(C(=O)OC)cn(C3CC3)c2c1OC.COC(=O)c1cn(C2CC2)c2c(OC)c(N3CCON([B]C=O)CC3)c(F)cc2c1=O. The molecule has 3 fully saturated rings. The lowest BCUT2D eigenvalue weighted by Gasteiger charge is -2.27. The van der Waals surface area contributed by atoms with Gasteiger partial charge in [0.25, 0.3) is 0 Å². The predicted octanol–water partition coefficient (Wildman–Crippen LogP) is 4.11. The van der Waals surface area contributed by atoms with Gasteiger partial charge in [-0.25, -0.2) is 28.7 Å². The molecular weight excluding hydrogens is 840 g/mol. The van der Waals surface area contributed by atoms with Crippen molar-refractivity contribution in [3.05, 3.63) is 67.7 Å². The van der Waals surface area contributed by atoms with Gasteiger partial charge in [-0.3, -0.25) is 9.59 Å². The van der Waals surface area contributed by atoms with E-state index in [0.717, 1.165) is 44.6 Å². The Labute approximate surface area is 369 Å². The fraction of sp³-hybridized carbons (Fsp3) is 0.500. The van der Waals surface area contributed by atoms with Gasteiger partial charge in [-0.15, -0.1) is 0 Å². The normalized spacial score (nSPS) is 15.0. The second kappa shape index (κ2) is 22.4. The molecule has 7 rings (SSSR count). The predicted molar refractivity (Wildman–Crippen MR) is 238 cm³/mol. The number of pyridine rings is 2. The van der Waals surface area contributed by atoms with Gasteiger partial charge in [0.05, 0.1) is 63.0 Å². The highest BCUT2D eigenvalue weighted by Gasteiger charge is 2.33. The Morgan fingerprint density at radius 1 is 0.859 bits per heavy atom. The van der Waals surface area contributed by atoms with Crippen molar-refractivity contribution in [1.29, 1.82) is 0 Å². The third-order valence-corrected chi connectivity index (χ3v) is 10.7. The summed E-state index contributed by atoms with van der Waals surface area (Å²) in [4.78, 5) is 71.5. The van der Waals surface area contributed by atoms with Crippen LogP contribution in [0.2, 0.25) is 6.82 Å². The number of benzene rings is 2. The van der Waals surface area contributed by atoms with Crippen LogP contribution in [-0.2, 0) is 19.1 Å². The number of fused-ring (bicyclic) bond motifs is 2. The fourth-order valence-corrected chi connectivity index (χ4v) is 7.60. The van der Waals surface area contributed by atoms with Crippen molar-refractivity contribution in [2.75, 3.05) is 77.6 Å². The zero-order valence-electron chi connectivity index (χ0n) is 37.2. The first-order chi connectivity index (χ1) is 30.7. The molecule has 0 atom stereocenters. The van der Waals surface area contributed by atoms with E-state index >= 15 is 8.78 Å². The summed E-state index contributed by atoms with van der Waals surface area (Å²) < 4.78 is 55.1. The topological polar surface area (TPSA) is 204 Å². The van der Waals surface area contributed by atoms with E-state index in [0.29, 0.717) is 61.4 Å². The number of hydrogen-bond acceptors (Lipinski definition) is 16. The number of rotatable bonds is 15. The Balaban J connectivity index is 0.000000219. The van der Waals surface area contributed by atoms with Gasteiger partial charge in [-0.2, -0.15) is 0 Å². The highest BCUT2D eigenvalue weighted by atomic mass is 19.1. The number of nitrogens with one attached hydrogen (secondary N) is 1. The van der Waals surface area contributed by atoms with Crippen LogP contribution >= 0.6 is 0 Å². The Morgan fingerprint density at radius 3 is 1.77 bits per heavy atom. The highest BCUT2D eigenvalue weighted by Crippen LogP contribution is 2.45. The van der Waals surface area contributed by atoms with Crippen LogP contribution in [-0.4, -0.2) is 125 Å². The minimum Gasteiger partial charge on any atom is -0.492 e. The molecule has 64 heavy (non-hydrogen) atoms. The molecule has 4 aromatic rings. The van der Waals surface area contributed by atoms with Crippen LogP contribution in [0.15, 0.2) is 34.1 Å². The van der Waals surface area contributed by atoms with Crippen molar-refractivity contribution in [2.24, 2.45) is 0 Å². The molecule has 0 spiro atoms. The molecule has 1 saturated heterocycles. The average molecular weight is 896 g/mol. The summed E-state index contributed by atoms with van der Waals surface area (Å²) in [6.07, 6.45) is 8.97. The lowest BCUT2D eigenvalue weighted by atomic mass is 9.92. The summed E-state index contributed by atoms with van der Waals surface area (Å²) >= 11 is 0. The van der Waals surface area contributed by atoms with Crippen LogP contribution in [0.4, 0.5) is 20.2 Å². The molecular formula is C42H55B2F2N6O12. The first kappa shape index (κ1) is 49.5. The van der Waals surface area contributed by atoms with Gasteiger partial charge in [0.1, 0.15) is 22.5 Å². The smallest absolute Gasteiger partial charge is 0.397 e. The van der Waals surface area contributed by atoms with Crippen molar-refractivity contribution in [1.82, 2.24) is 19.5 Å². The Kier molecular flexibility index (Phi) is 17.3. The molecule has 1 aliphatic heterocycles. The number of carbonyl (C=O) groups is 3. The number of methoxy groups -OCH3 is 4. The van der Waals surface area contributed by atoms with E-state index in [2.05, 4.69) is 0 Å². The molecule has 0 bridgehead atoms. The van der Waals surface area contributed by atoms with E-state index in [1.165, 1.54) is 66.1 Å². The number of nitrogens with zero attached hydrogens (tertiary/aromatic N) is 5. The van der Waals surface area contributed by atoms with Crippen LogP contribution in [0, 0.1) is 11.6 Å². The molecule has 0 unspecified atom stereocenters. The number of carbonyl (C=O) groups excluding carboxylic acids is 3. The van der Waals surface area contributed by atoms with Gasteiger partial charge in [0.2, 0.25) is 10.9 Å². The third kappa shape index (κ3) is 10.9. The Hall–Kier alpha value is -5.54. The van der Waals surface area contributed by atoms with Crippen LogP contribution in [0.3, 0.4) is 0 Å². The van der Waals surface area contributed by atoms with Crippen molar-refractivity contribution < 1.29 is 57.2 Å². The first-order valence-electron chi connectivity index (χ1n) is 21.1. The van der Waals surface area contributed by atoms with Gasteiger partial charge >= 0.3 is 26.4 Å². The number of hydroxylamine groups is 1. The Morgan fingerprint density at radius 2 is 1.34 bits per heavy atom. The van der Waals surface area contributed by atoms with Gasteiger partial charge in [-0.1, -0.05) is 13.8 Å². The molecule has 3 aliphatic rings. The van der Waals surface area contributed by atoms with E-state index in [9.17, 15) is 24.0 Å². The van der Waals surface area contributed by atoms with Crippen LogP contribution in [0.5, 0.6) is 11.5 Å². The summed E-state index contributed by atoms with van der Waals surface area (Å²) in [5.41, 5.74) is 0.198. The maximum Gasteiger partial charge on any atom is 0.397 e. The molecule has 0 amide bonds. The summed E-state index contributed by atoms with van der Waals surface area (Å²) in [7, 11) is 5.81. The van der Waals surface area contributed by atoms with Crippen molar-refractivity contribution >= 4 is 65.8 Å². The molecule has 18 nitrogen and oxygen atoms in total. The molecule has 2 aromatic heterocycles. The van der Waals surface area contributed by atoms with E-state index in [4.69, 9.17) is 34.0 Å². The second-order valence-corrected chi connectivity index (χ2v) is 15.3. The van der Waals surface area contributed by atoms with E-state index < -0.39 is 41.5 Å². The maximum atomic E-state index is 15.4. The van der Waals surface area contributed by atoms with Gasteiger partial charge in [0.15, 0.2) is 23.1 Å². The lowest BCUT2D eigenvalue weighted by Crippen LogP contribution is -2.33. The molecule has 22 heteroatoms. The second-order valence-electron chi connectivity index (χ2n) is 15.3. The fourth-order valence-electron chi connectivity index (χ4n) is 7.60. The van der Waals surface area contributed by atoms with Gasteiger partial charge in [-0.05, 0) is 57.5 Å².